The number of rotatable bonds is 3. The largest absolute Gasteiger partial charge is 0.390 e. The fraction of sp³-hybridized carbons (Fsp3) is 1.00. The number of alkyl halides is 4. The van der Waals surface area contributed by atoms with Gasteiger partial charge in [0.15, 0.2) is 0 Å². The van der Waals surface area contributed by atoms with Gasteiger partial charge in [-0.3, -0.25) is 0 Å². The van der Waals surface area contributed by atoms with E-state index in [1.807, 2.05) is 0 Å². The van der Waals surface area contributed by atoms with Crippen LogP contribution in [0.1, 0.15) is 19.3 Å². The molecule has 1 aliphatic rings. The van der Waals surface area contributed by atoms with Gasteiger partial charge in [0.25, 0.3) is 0 Å². The Balaban J connectivity index is 2.46. The molecule has 1 fully saturated rings. The summed E-state index contributed by atoms with van der Waals surface area (Å²) in [5, 5.41) is 8.90. The zero-order valence-corrected chi connectivity index (χ0v) is 5.66. The lowest BCUT2D eigenvalue weighted by molar-refractivity contribution is -0.152. The standard InChI is InChI=1S/C6H8F4O/c7-4(8)6(9,10)3-5(11)1-2-5/h4,11H,1-3H2. The highest BCUT2D eigenvalue weighted by molar-refractivity contribution is 4.97. The fourth-order valence-corrected chi connectivity index (χ4v) is 0.837. The summed E-state index contributed by atoms with van der Waals surface area (Å²) in [7, 11) is 0. The molecule has 0 aromatic rings. The number of aliphatic hydroxyl groups is 1. The van der Waals surface area contributed by atoms with Crippen molar-refractivity contribution in [3.05, 3.63) is 0 Å². The third-order valence-electron chi connectivity index (χ3n) is 1.71. The highest BCUT2D eigenvalue weighted by Crippen LogP contribution is 2.45. The fourth-order valence-electron chi connectivity index (χ4n) is 0.837. The number of halogens is 4. The average molecular weight is 172 g/mol. The molecule has 1 N–H and O–H groups in total. The second kappa shape index (κ2) is 2.33. The average Bonchev–Trinajstić information content (AvgIpc) is 2.45. The molecule has 0 radical (unpaired) electrons. The molecule has 1 aliphatic carbocycles. The lowest BCUT2D eigenvalue weighted by Gasteiger charge is -2.17. The maximum Gasteiger partial charge on any atom is 0.310 e. The van der Waals surface area contributed by atoms with Crippen molar-refractivity contribution in [2.75, 3.05) is 0 Å². The smallest absolute Gasteiger partial charge is 0.310 e. The van der Waals surface area contributed by atoms with Crippen LogP contribution in [0.3, 0.4) is 0 Å². The Kier molecular flexibility index (Phi) is 1.86. The van der Waals surface area contributed by atoms with E-state index in [2.05, 4.69) is 0 Å². The van der Waals surface area contributed by atoms with Crippen LogP contribution in [-0.2, 0) is 0 Å². The van der Waals surface area contributed by atoms with Gasteiger partial charge in [-0.15, -0.1) is 0 Å². The zero-order chi connectivity index (χ0) is 8.70. The second-order valence-electron chi connectivity index (χ2n) is 2.96. The molecule has 1 saturated carbocycles. The Hall–Kier alpha value is -0.320. The summed E-state index contributed by atoms with van der Waals surface area (Å²) in [6, 6.07) is 0. The first-order valence-corrected chi connectivity index (χ1v) is 3.24. The summed E-state index contributed by atoms with van der Waals surface area (Å²) >= 11 is 0. The van der Waals surface area contributed by atoms with Crippen molar-refractivity contribution in [3.8, 4) is 0 Å². The Morgan fingerprint density at radius 2 is 1.82 bits per heavy atom. The molecule has 0 bridgehead atoms. The van der Waals surface area contributed by atoms with E-state index < -0.39 is 24.4 Å². The Bertz CT molecular complexity index is 153. The molecule has 66 valence electrons. The molecule has 0 spiro atoms. The van der Waals surface area contributed by atoms with Crippen molar-refractivity contribution in [1.82, 2.24) is 0 Å². The first kappa shape index (κ1) is 8.77. The Morgan fingerprint density at radius 1 is 1.36 bits per heavy atom. The van der Waals surface area contributed by atoms with Gasteiger partial charge in [-0.1, -0.05) is 0 Å². The minimum atomic E-state index is -4.04. The van der Waals surface area contributed by atoms with Gasteiger partial charge >= 0.3 is 12.3 Å². The predicted molar refractivity (Wildman–Crippen MR) is 29.8 cm³/mol. The van der Waals surface area contributed by atoms with Crippen molar-refractivity contribution in [1.29, 1.82) is 0 Å². The van der Waals surface area contributed by atoms with E-state index >= 15 is 0 Å². The molecule has 0 aromatic heterocycles. The molecular weight excluding hydrogens is 164 g/mol. The summed E-state index contributed by atoms with van der Waals surface area (Å²) in [5.41, 5.74) is -1.51. The Labute approximate surface area is 61.0 Å². The van der Waals surface area contributed by atoms with Crippen molar-refractivity contribution in [3.63, 3.8) is 0 Å². The van der Waals surface area contributed by atoms with Gasteiger partial charge in [0.1, 0.15) is 0 Å². The van der Waals surface area contributed by atoms with Crippen LogP contribution in [0, 0.1) is 0 Å². The Morgan fingerprint density at radius 3 is 2.09 bits per heavy atom. The normalized spacial score (nSPS) is 22.4. The van der Waals surface area contributed by atoms with Gasteiger partial charge in [-0.2, -0.15) is 0 Å². The lowest BCUT2D eigenvalue weighted by Crippen LogP contribution is -2.32. The molecule has 5 heteroatoms. The summed E-state index contributed by atoms with van der Waals surface area (Å²) in [6.45, 7) is 0. The summed E-state index contributed by atoms with van der Waals surface area (Å²) < 4.78 is 47.4. The third-order valence-corrected chi connectivity index (χ3v) is 1.71. The number of hydrogen-bond donors (Lipinski definition) is 1. The molecule has 1 rings (SSSR count). The minimum Gasteiger partial charge on any atom is -0.390 e. The van der Waals surface area contributed by atoms with Crippen LogP contribution in [0.5, 0.6) is 0 Å². The summed E-state index contributed by atoms with van der Waals surface area (Å²) in [4.78, 5) is 0. The van der Waals surface area contributed by atoms with E-state index in [-0.39, 0.29) is 12.8 Å². The van der Waals surface area contributed by atoms with Crippen LogP contribution in [0.25, 0.3) is 0 Å². The maximum atomic E-state index is 12.2. The van der Waals surface area contributed by atoms with Crippen molar-refractivity contribution >= 4 is 0 Å². The topological polar surface area (TPSA) is 20.2 Å². The molecule has 11 heavy (non-hydrogen) atoms. The van der Waals surface area contributed by atoms with Crippen LogP contribution in [0.15, 0.2) is 0 Å². The first-order chi connectivity index (χ1) is 4.86. The molecule has 0 atom stereocenters. The van der Waals surface area contributed by atoms with E-state index in [9.17, 15) is 17.6 Å². The van der Waals surface area contributed by atoms with E-state index in [0.29, 0.717) is 0 Å². The third kappa shape index (κ3) is 2.05. The molecule has 0 heterocycles. The van der Waals surface area contributed by atoms with Crippen molar-refractivity contribution < 1.29 is 22.7 Å². The van der Waals surface area contributed by atoms with Crippen LogP contribution in [-0.4, -0.2) is 23.1 Å². The van der Waals surface area contributed by atoms with E-state index in [4.69, 9.17) is 5.11 Å². The molecule has 0 saturated heterocycles. The molecular formula is C6H8F4O. The molecule has 1 nitrogen and oxygen atoms in total. The molecule has 0 unspecified atom stereocenters. The SMILES string of the molecule is OC1(CC(F)(F)C(F)F)CC1. The van der Waals surface area contributed by atoms with Gasteiger partial charge in [-0.25, -0.2) is 17.6 Å². The number of hydrogen-bond acceptors (Lipinski definition) is 1. The van der Waals surface area contributed by atoms with Crippen LogP contribution >= 0.6 is 0 Å². The van der Waals surface area contributed by atoms with Gasteiger partial charge in [0.2, 0.25) is 0 Å². The second-order valence-corrected chi connectivity index (χ2v) is 2.96. The highest BCUT2D eigenvalue weighted by atomic mass is 19.3. The molecule has 0 aliphatic heterocycles. The van der Waals surface area contributed by atoms with Crippen LogP contribution < -0.4 is 0 Å². The van der Waals surface area contributed by atoms with Gasteiger partial charge in [-0.05, 0) is 12.8 Å². The monoisotopic (exact) mass is 172 g/mol. The molecule has 0 aromatic carbocycles. The maximum absolute atomic E-state index is 12.2. The van der Waals surface area contributed by atoms with Crippen LogP contribution in [0.2, 0.25) is 0 Å². The predicted octanol–water partition coefficient (Wildman–Crippen LogP) is 1.80. The van der Waals surface area contributed by atoms with Gasteiger partial charge in [0.05, 0.1) is 5.60 Å². The first-order valence-electron chi connectivity index (χ1n) is 3.24. The molecule has 0 amide bonds. The van der Waals surface area contributed by atoms with Gasteiger partial charge < -0.3 is 5.11 Å². The van der Waals surface area contributed by atoms with Crippen LogP contribution in [0.4, 0.5) is 17.6 Å². The van der Waals surface area contributed by atoms with E-state index in [1.165, 1.54) is 0 Å². The van der Waals surface area contributed by atoms with Crippen molar-refractivity contribution in [2.24, 2.45) is 0 Å². The zero-order valence-electron chi connectivity index (χ0n) is 5.66. The highest BCUT2D eigenvalue weighted by Gasteiger charge is 2.53. The van der Waals surface area contributed by atoms with E-state index in [0.717, 1.165) is 0 Å². The van der Waals surface area contributed by atoms with E-state index in [1.54, 1.807) is 0 Å². The van der Waals surface area contributed by atoms with Gasteiger partial charge in [0, 0.05) is 6.42 Å². The lowest BCUT2D eigenvalue weighted by atomic mass is 10.1. The summed E-state index contributed by atoms with van der Waals surface area (Å²) in [5.74, 6) is -4.04. The minimum absolute atomic E-state index is 0.204. The van der Waals surface area contributed by atoms with Crippen molar-refractivity contribution in [2.45, 2.75) is 37.2 Å². The quantitative estimate of drug-likeness (QED) is 0.643. The summed E-state index contributed by atoms with van der Waals surface area (Å²) in [6.07, 6.45) is -4.38.